The molecule has 2 aromatic rings. The molecule has 98 valence electrons. The van der Waals surface area contributed by atoms with Crippen molar-refractivity contribution < 1.29 is 9.13 Å². The maximum absolute atomic E-state index is 13.8. The van der Waals surface area contributed by atoms with E-state index >= 15 is 0 Å². The quantitative estimate of drug-likeness (QED) is 0.661. The van der Waals surface area contributed by atoms with Crippen molar-refractivity contribution in [3.8, 4) is 11.5 Å². The largest absolute Gasteiger partial charge is 0.453 e. The second kappa shape index (κ2) is 5.28. The van der Waals surface area contributed by atoms with Crippen molar-refractivity contribution in [1.29, 1.82) is 5.41 Å². The normalized spacial score (nSPS) is 10.3. The maximum atomic E-state index is 13.8. The summed E-state index contributed by atoms with van der Waals surface area (Å²) >= 11 is 5.69. The van der Waals surface area contributed by atoms with Gasteiger partial charge >= 0.3 is 0 Å². The molecule has 0 aliphatic rings. The summed E-state index contributed by atoms with van der Waals surface area (Å²) in [5.74, 6) is -0.460. The van der Waals surface area contributed by atoms with Crippen LogP contribution in [0.2, 0.25) is 5.02 Å². The van der Waals surface area contributed by atoms with Crippen molar-refractivity contribution in [3.63, 3.8) is 0 Å². The first-order valence-corrected chi connectivity index (χ1v) is 5.93. The Balaban J connectivity index is 2.44. The van der Waals surface area contributed by atoms with Crippen LogP contribution in [0, 0.1) is 18.2 Å². The number of nitrogens with two attached hydrogens (primary N) is 1. The number of nitrogen functional groups attached to an aromatic ring is 1. The van der Waals surface area contributed by atoms with Gasteiger partial charge in [0.2, 0.25) is 0 Å². The van der Waals surface area contributed by atoms with Crippen molar-refractivity contribution in [1.82, 2.24) is 0 Å². The number of nitrogens with one attached hydrogen (secondary N) is 1. The molecular weight excluding hydrogens is 267 g/mol. The highest BCUT2D eigenvalue weighted by atomic mass is 35.5. The van der Waals surface area contributed by atoms with E-state index in [1.165, 1.54) is 12.1 Å². The molecule has 0 radical (unpaired) electrons. The molecule has 0 saturated heterocycles. The minimum absolute atomic E-state index is 0.00106. The van der Waals surface area contributed by atoms with Crippen molar-refractivity contribution in [2.24, 2.45) is 5.73 Å². The lowest BCUT2D eigenvalue weighted by molar-refractivity contribution is 0.441. The molecule has 0 aromatic heterocycles. The van der Waals surface area contributed by atoms with Crippen LogP contribution in [0.5, 0.6) is 11.5 Å². The molecule has 0 unspecified atom stereocenters. The monoisotopic (exact) mass is 278 g/mol. The third-order valence-electron chi connectivity index (χ3n) is 2.56. The van der Waals surface area contributed by atoms with Crippen LogP contribution in [-0.2, 0) is 0 Å². The van der Waals surface area contributed by atoms with Crippen LogP contribution in [0.15, 0.2) is 36.4 Å². The average molecular weight is 279 g/mol. The van der Waals surface area contributed by atoms with Gasteiger partial charge in [-0.05, 0) is 31.2 Å². The van der Waals surface area contributed by atoms with Crippen LogP contribution in [0.3, 0.4) is 0 Å². The highest BCUT2D eigenvalue weighted by Crippen LogP contribution is 2.30. The Labute approximate surface area is 115 Å². The van der Waals surface area contributed by atoms with E-state index in [2.05, 4.69) is 0 Å². The predicted molar refractivity (Wildman–Crippen MR) is 73.7 cm³/mol. The first-order chi connectivity index (χ1) is 8.99. The Hall–Kier alpha value is -2.07. The predicted octanol–water partition coefficient (Wildman–Crippen LogP) is 3.86. The van der Waals surface area contributed by atoms with E-state index in [1.54, 1.807) is 24.3 Å². The third-order valence-corrected chi connectivity index (χ3v) is 2.85. The molecule has 0 atom stereocenters. The topological polar surface area (TPSA) is 59.1 Å². The van der Waals surface area contributed by atoms with Crippen LogP contribution in [0.4, 0.5) is 4.39 Å². The van der Waals surface area contributed by atoms with Gasteiger partial charge in [0.25, 0.3) is 0 Å². The zero-order valence-electron chi connectivity index (χ0n) is 10.2. The van der Waals surface area contributed by atoms with Crippen LogP contribution >= 0.6 is 11.6 Å². The highest BCUT2D eigenvalue weighted by molar-refractivity contribution is 6.30. The molecule has 0 amide bonds. The Morgan fingerprint density at radius 3 is 2.68 bits per heavy atom. The Morgan fingerprint density at radius 1 is 1.26 bits per heavy atom. The summed E-state index contributed by atoms with van der Waals surface area (Å²) in [4.78, 5) is 0. The molecule has 19 heavy (non-hydrogen) atoms. The fourth-order valence-corrected chi connectivity index (χ4v) is 1.79. The molecule has 3 N–H and O–H groups in total. The second-order valence-corrected chi connectivity index (χ2v) is 4.47. The van der Waals surface area contributed by atoms with Crippen LogP contribution in [-0.4, -0.2) is 5.84 Å². The van der Waals surface area contributed by atoms with E-state index < -0.39 is 5.82 Å². The number of hydrogen-bond donors (Lipinski definition) is 2. The summed E-state index contributed by atoms with van der Waals surface area (Å²) < 4.78 is 19.2. The molecule has 0 fully saturated rings. The van der Waals surface area contributed by atoms with Crippen molar-refractivity contribution in [2.75, 3.05) is 0 Å². The number of ether oxygens (including phenoxy) is 1. The van der Waals surface area contributed by atoms with Gasteiger partial charge in [0.05, 0.1) is 10.6 Å². The maximum Gasteiger partial charge on any atom is 0.184 e. The first-order valence-electron chi connectivity index (χ1n) is 5.56. The molecule has 0 spiro atoms. The lowest BCUT2D eigenvalue weighted by atomic mass is 10.1. The van der Waals surface area contributed by atoms with E-state index in [-0.39, 0.29) is 16.6 Å². The van der Waals surface area contributed by atoms with E-state index in [0.717, 1.165) is 5.56 Å². The molecule has 0 saturated carbocycles. The molecule has 0 aliphatic carbocycles. The zero-order valence-corrected chi connectivity index (χ0v) is 11.0. The summed E-state index contributed by atoms with van der Waals surface area (Å²) in [6, 6.07) is 9.63. The van der Waals surface area contributed by atoms with Gasteiger partial charge in [-0.2, -0.15) is 0 Å². The van der Waals surface area contributed by atoms with Gasteiger partial charge in [0.15, 0.2) is 11.6 Å². The lowest BCUT2D eigenvalue weighted by Crippen LogP contribution is -2.12. The summed E-state index contributed by atoms with van der Waals surface area (Å²) in [7, 11) is 0. The van der Waals surface area contributed by atoms with Gasteiger partial charge in [0, 0.05) is 0 Å². The van der Waals surface area contributed by atoms with E-state index in [0.29, 0.717) is 11.3 Å². The molecule has 0 bridgehead atoms. The van der Waals surface area contributed by atoms with Crippen molar-refractivity contribution in [3.05, 3.63) is 58.4 Å². The Morgan fingerprint density at radius 2 is 2.00 bits per heavy atom. The van der Waals surface area contributed by atoms with Gasteiger partial charge in [-0.1, -0.05) is 29.3 Å². The zero-order chi connectivity index (χ0) is 14.0. The van der Waals surface area contributed by atoms with Crippen molar-refractivity contribution in [2.45, 2.75) is 6.92 Å². The fraction of sp³-hybridized carbons (Fsp3) is 0.0714. The van der Waals surface area contributed by atoms with Gasteiger partial charge < -0.3 is 10.5 Å². The molecule has 0 heterocycles. The van der Waals surface area contributed by atoms with E-state index in [1.807, 2.05) is 6.92 Å². The van der Waals surface area contributed by atoms with Gasteiger partial charge in [-0.3, -0.25) is 5.41 Å². The minimum Gasteiger partial charge on any atom is -0.453 e. The second-order valence-electron chi connectivity index (χ2n) is 4.07. The summed E-state index contributed by atoms with van der Waals surface area (Å²) in [6.07, 6.45) is 0. The van der Waals surface area contributed by atoms with Crippen molar-refractivity contribution >= 4 is 17.4 Å². The van der Waals surface area contributed by atoms with Crippen LogP contribution in [0.25, 0.3) is 0 Å². The Bertz CT molecular complexity index is 643. The summed E-state index contributed by atoms with van der Waals surface area (Å²) in [6.45, 7) is 1.87. The molecular formula is C14H12ClFN2O. The molecule has 5 heteroatoms. The minimum atomic E-state index is -0.640. The van der Waals surface area contributed by atoms with E-state index in [4.69, 9.17) is 27.5 Å². The van der Waals surface area contributed by atoms with E-state index in [9.17, 15) is 4.39 Å². The molecule has 0 aliphatic heterocycles. The SMILES string of the molecule is Cc1ccc(Oc2cccc(Cl)c2F)c(C(=N)N)c1. The first kappa shape index (κ1) is 13.4. The number of benzene rings is 2. The van der Waals surface area contributed by atoms with Gasteiger partial charge in [-0.15, -0.1) is 0 Å². The molecule has 2 rings (SSSR count). The molecule has 2 aromatic carbocycles. The number of halogens is 2. The molecule has 3 nitrogen and oxygen atoms in total. The highest BCUT2D eigenvalue weighted by Gasteiger charge is 2.12. The number of rotatable bonds is 3. The third kappa shape index (κ3) is 2.85. The number of aryl methyl sites for hydroxylation is 1. The fourth-order valence-electron chi connectivity index (χ4n) is 1.62. The van der Waals surface area contributed by atoms with Gasteiger partial charge in [0.1, 0.15) is 11.6 Å². The Kier molecular flexibility index (Phi) is 3.71. The van der Waals surface area contributed by atoms with Gasteiger partial charge in [-0.25, -0.2) is 4.39 Å². The van der Waals surface area contributed by atoms with Crippen LogP contribution < -0.4 is 10.5 Å². The summed E-state index contributed by atoms with van der Waals surface area (Å²) in [5, 5.41) is 7.49. The average Bonchev–Trinajstić information content (AvgIpc) is 2.36. The lowest BCUT2D eigenvalue weighted by Gasteiger charge is -2.12. The standard InChI is InChI=1S/C14H12ClFN2O/c1-8-5-6-11(9(7-8)14(17)18)19-12-4-2-3-10(15)13(12)16/h2-7H,1H3,(H3,17,18). The number of hydrogen-bond acceptors (Lipinski definition) is 2. The smallest absolute Gasteiger partial charge is 0.184 e. The number of amidine groups is 1. The summed E-state index contributed by atoms with van der Waals surface area (Å²) in [5.41, 5.74) is 6.84. The van der Waals surface area contributed by atoms with Crippen LogP contribution in [0.1, 0.15) is 11.1 Å².